The van der Waals surface area contributed by atoms with E-state index in [2.05, 4.69) is 15.3 Å². The largest absolute Gasteiger partial charge is 0.354 e. The van der Waals surface area contributed by atoms with Gasteiger partial charge in [0.05, 0.1) is 5.39 Å². The van der Waals surface area contributed by atoms with Crippen LogP contribution in [0.25, 0.3) is 21.3 Å². The summed E-state index contributed by atoms with van der Waals surface area (Å²) in [7, 11) is 0. The molecule has 21 heavy (non-hydrogen) atoms. The summed E-state index contributed by atoms with van der Waals surface area (Å²) in [5.74, 6) is 0.273. The minimum Gasteiger partial charge on any atom is -0.354 e. The van der Waals surface area contributed by atoms with Crippen molar-refractivity contribution in [1.29, 1.82) is 0 Å². The average molecular weight is 322 g/mol. The van der Waals surface area contributed by atoms with Gasteiger partial charge in [0.25, 0.3) is 0 Å². The molecule has 3 rings (SSSR count). The van der Waals surface area contributed by atoms with E-state index in [0.29, 0.717) is 11.1 Å². The summed E-state index contributed by atoms with van der Waals surface area (Å²) >= 11 is 7.90. The summed E-state index contributed by atoms with van der Waals surface area (Å²) in [6.45, 7) is 4.72. The number of aromatic nitrogens is 2. The maximum atomic E-state index is 13.1. The molecule has 0 spiro atoms. The second-order valence-electron chi connectivity index (χ2n) is 4.59. The summed E-state index contributed by atoms with van der Waals surface area (Å²) < 4.78 is 13.1. The second-order valence-corrected chi connectivity index (χ2v) is 6.15. The number of aryl methyl sites for hydroxylation is 1. The summed E-state index contributed by atoms with van der Waals surface area (Å²) in [5, 5.41) is 4.31. The van der Waals surface area contributed by atoms with Gasteiger partial charge in [-0.05, 0) is 31.5 Å². The third kappa shape index (κ3) is 2.59. The van der Waals surface area contributed by atoms with Crippen LogP contribution in [-0.2, 0) is 0 Å². The molecule has 0 bridgehead atoms. The van der Waals surface area contributed by atoms with Crippen LogP contribution < -0.4 is 5.32 Å². The van der Waals surface area contributed by atoms with Crippen molar-refractivity contribution in [2.24, 2.45) is 0 Å². The molecule has 1 N–H and O–H groups in total. The molecule has 0 saturated heterocycles. The first-order valence-corrected chi connectivity index (χ1v) is 7.76. The van der Waals surface area contributed by atoms with Crippen molar-refractivity contribution in [3.8, 4) is 11.1 Å². The topological polar surface area (TPSA) is 37.8 Å². The van der Waals surface area contributed by atoms with Gasteiger partial charge < -0.3 is 5.32 Å². The van der Waals surface area contributed by atoms with Gasteiger partial charge in [-0.1, -0.05) is 23.7 Å². The lowest BCUT2D eigenvalue weighted by Crippen LogP contribution is -2.01. The number of hydrogen-bond donors (Lipinski definition) is 1. The van der Waals surface area contributed by atoms with Gasteiger partial charge in [-0.25, -0.2) is 14.4 Å². The lowest BCUT2D eigenvalue weighted by atomic mass is 10.0. The molecule has 0 aliphatic carbocycles. The van der Waals surface area contributed by atoms with Crippen molar-refractivity contribution in [3.63, 3.8) is 0 Å². The first-order chi connectivity index (χ1) is 10.1. The quantitative estimate of drug-likeness (QED) is 0.698. The molecule has 0 aliphatic rings. The number of halogens is 2. The minimum atomic E-state index is -0.257. The molecule has 0 radical (unpaired) electrons. The van der Waals surface area contributed by atoms with Crippen LogP contribution >= 0.6 is 22.9 Å². The Morgan fingerprint density at radius 1 is 1.24 bits per heavy atom. The van der Waals surface area contributed by atoms with Crippen LogP contribution in [0.3, 0.4) is 0 Å². The maximum Gasteiger partial charge on any atom is 0.225 e. The van der Waals surface area contributed by atoms with Crippen LogP contribution in [0.15, 0.2) is 24.3 Å². The summed E-state index contributed by atoms with van der Waals surface area (Å²) in [6.07, 6.45) is 0. The van der Waals surface area contributed by atoms with Crippen molar-refractivity contribution in [2.75, 3.05) is 11.9 Å². The third-order valence-electron chi connectivity index (χ3n) is 3.15. The Balaban J connectivity index is 2.23. The number of nitrogens with zero attached hydrogens (tertiary/aromatic N) is 2. The number of fused-ring (bicyclic) bond motifs is 1. The average Bonchev–Trinajstić information content (AvgIpc) is 2.77. The van der Waals surface area contributed by atoms with Gasteiger partial charge in [0.2, 0.25) is 5.95 Å². The van der Waals surface area contributed by atoms with E-state index in [0.717, 1.165) is 32.8 Å². The van der Waals surface area contributed by atoms with Crippen LogP contribution in [0.2, 0.25) is 5.15 Å². The SMILES string of the molecule is CCNc1nc(Cl)c2c(-c3ccc(F)cc3)c(C)sc2n1. The lowest BCUT2D eigenvalue weighted by Gasteiger charge is -2.05. The molecule has 0 aliphatic heterocycles. The zero-order valence-corrected chi connectivity index (χ0v) is 13.1. The lowest BCUT2D eigenvalue weighted by molar-refractivity contribution is 0.628. The molecule has 0 fully saturated rings. The highest BCUT2D eigenvalue weighted by molar-refractivity contribution is 7.19. The second kappa shape index (κ2) is 5.58. The molecule has 0 amide bonds. The van der Waals surface area contributed by atoms with Crippen molar-refractivity contribution in [3.05, 3.63) is 40.1 Å². The predicted molar refractivity (Wildman–Crippen MR) is 86.7 cm³/mol. The van der Waals surface area contributed by atoms with Gasteiger partial charge in [0.1, 0.15) is 15.8 Å². The monoisotopic (exact) mass is 321 g/mol. The predicted octanol–water partition coefficient (Wildman–Crippen LogP) is 4.89. The van der Waals surface area contributed by atoms with E-state index in [1.54, 1.807) is 23.5 Å². The fourth-order valence-electron chi connectivity index (χ4n) is 2.27. The Bertz CT molecular complexity index is 799. The van der Waals surface area contributed by atoms with Gasteiger partial charge in [-0.15, -0.1) is 11.3 Å². The molecular weight excluding hydrogens is 309 g/mol. The van der Waals surface area contributed by atoms with E-state index in [9.17, 15) is 4.39 Å². The van der Waals surface area contributed by atoms with E-state index in [1.165, 1.54) is 12.1 Å². The summed E-state index contributed by atoms with van der Waals surface area (Å²) in [4.78, 5) is 10.7. The maximum absolute atomic E-state index is 13.1. The number of anilines is 1. The van der Waals surface area contributed by atoms with Crippen LogP contribution in [0.1, 0.15) is 11.8 Å². The van der Waals surface area contributed by atoms with E-state index >= 15 is 0 Å². The fourth-order valence-corrected chi connectivity index (χ4v) is 3.64. The molecule has 0 saturated carbocycles. The Kier molecular flexibility index (Phi) is 3.78. The van der Waals surface area contributed by atoms with E-state index in [4.69, 9.17) is 11.6 Å². The molecule has 0 atom stereocenters. The molecule has 2 heterocycles. The van der Waals surface area contributed by atoms with Gasteiger partial charge in [-0.3, -0.25) is 0 Å². The van der Waals surface area contributed by atoms with Crippen LogP contribution in [0.4, 0.5) is 10.3 Å². The Morgan fingerprint density at radius 3 is 2.62 bits per heavy atom. The number of nitrogens with one attached hydrogen (secondary N) is 1. The van der Waals surface area contributed by atoms with Gasteiger partial charge in [0.15, 0.2) is 0 Å². The number of hydrogen-bond acceptors (Lipinski definition) is 4. The van der Waals surface area contributed by atoms with Crippen LogP contribution in [0, 0.1) is 12.7 Å². The van der Waals surface area contributed by atoms with Gasteiger partial charge in [0, 0.05) is 17.0 Å². The minimum absolute atomic E-state index is 0.257. The van der Waals surface area contributed by atoms with Crippen molar-refractivity contribution >= 4 is 39.1 Å². The molecule has 2 aromatic heterocycles. The van der Waals surface area contributed by atoms with Gasteiger partial charge >= 0.3 is 0 Å². The third-order valence-corrected chi connectivity index (χ3v) is 4.42. The van der Waals surface area contributed by atoms with E-state index in [-0.39, 0.29) is 5.82 Å². The zero-order chi connectivity index (χ0) is 15.0. The smallest absolute Gasteiger partial charge is 0.225 e. The normalized spacial score (nSPS) is 11.0. The van der Waals surface area contributed by atoms with E-state index < -0.39 is 0 Å². The summed E-state index contributed by atoms with van der Waals surface area (Å²) in [6, 6.07) is 6.39. The molecule has 108 valence electrons. The molecular formula is C15H13ClFN3S. The zero-order valence-electron chi connectivity index (χ0n) is 11.6. The first kappa shape index (κ1) is 14.2. The Labute approximate surface area is 130 Å². The first-order valence-electron chi connectivity index (χ1n) is 6.56. The highest BCUT2D eigenvalue weighted by Crippen LogP contribution is 2.40. The highest BCUT2D eigenvalue weighted by Gasteiger charge is 2.17. The number of thiophene rings is 1. The molecule has 6 heteroatoms. The standard InChI is InChI=1S/C15H13ClFN3S/c1-3-18-15-19-13(16)12-11(8(2)21-14(12)20-15)9-4-6-10(17)7-5-9/h4-7H,3H2,1-2H3,(H,18,19,20). The van der Waals surface area contributed by atoms with Crippen LogP contribution in [-0.4, -0.2) is 16.5 Å². The van der Waals surface area contributed by atoms with Crippen molar-refractivity contribution in [1.82, 2.24) is 9.97 Å². The van der Waals surface area contributed by atoms with Crippen LogP contribution in [0.5, 0.6) is 0 Å². The van der Waals surface area contributed by atoms with Crippen molar-refractivity contribution < 1.29 is 4.39 Å². The number of rotatable bonds is 3. The molecule has 3 nitrogen and oxygen atoms in total. The van der Waals surface area contributed by atoms with E-state index in [1.807, 2.05) is 13.8 Å². The molecule has 0 unspecified atom stereocenters. The fraction of sp³-hybridized carbons (Fsp3) is 0.200. The summed E-state index contributed by atoms with van der Waals surface area (Å²) in [5.41, 5.74) is 1.89. The van der Waals surface area contributed by atoms with Crippen molar-refractivity contribution in [2.45, 2.75) is 13.8 Å². The number of benzene rings is 1. The molecule has 3 aromatic rings. The highest BCUT2D eigenvalue weighted by atomic mass is 35.5. The Morgan fingerprint density at radius 2 is 1.95 bits per heavy atom. The van der Waals surface area contributed by atoms with Gasteiger partial charge in [-0.2, -0.15) is 0 Å². The molecule has 1 aromatic carbocycles. The Hall–Kier alpha value is -1.72.